The highest BCUT2D eigenvalue weighted by atomic mass is 35.5. The number of methoxy groups -OCH3 is 1. The van der Waals surface area contributed by atoms with E-state index in [0.717, 1.165) is 0 Å². The Balaban J connectivity index is 1.62. The molecule has 32 heavy (non-hydrogen) atoms. The lowest BCUT2D eigenvalue weighted by atomic mass is 10.1. The summed E-state index contributed by atoms with van der Waals surface area (Å²) >= 11 is 6.40. The number of benzene rings is 3. The van der Waals surface area contributed by atoms with Gasteiger partial charge in [-0.2, -0.15) is 0 Å². The van der Waals surface area contributed by atoms with Gasteiger partial charge in [0.05, 0.1) is 37.8 Å². The van der Waals surface area contributed by atoms with Crippen LogP contribution in [0.1, 0.15) is 9.68 Å². The van der Waals surface area contributed by atoms with Crippen LogP contribution in [0.15, 0.2) is 69.1 Å². The zero-order valence-electron chi connectivity index (χ0n) is 19.5. The van der Waals surface area contributed by atoms with E-state index < -0.39 is 28.2 Å². The fraction of sp³-hybridized carbons (Fsp3) is 0.0909. The third kappa shape index (κ3) is 4.12. The molecular formula is C22H18ClN3O5S. The number of halogens is 1. The largest absolute Gasteiger partial charge is 0.497 e. The Kier molecular flexibility index (Phi) is 4.61. The Bertz CT molecular complexity index is 1660. The molecule has 0 aliphatic rings. The summed E-state index contributed by atoms with van der Waals surface area (Å²) in [4.78, 5) is 27.8. The maximum absolute atomic E-state index is 13.1. The number of nitrogens with one attached hydrogen (secondary N) is 3. The standard InChI is InChI=1S/C22H18ClN3O5S/c1-12-9-18-19(25-22(28)21(27)24-18)11-20(12)32(29,30)26-14-5-8-16(17(23)10-14)13-3-6-15(31-2)7-4-13/h3-11,26H,1-2H3,(H,24,27)(H,25,28)/i2D3. The van der Waals surface area contributed by atoms with Crippen LogP contribution in [0.3, 0.4) is 0 Å². The minimum absolute atomic E-state index is 0.0854. The second kappa shape index (κ2) is 8.18. The van der Waals surface area contributed by atoms with Gasteiger partial charge in [-0.05, 0) is 54.4 Å². The lowest BCUT2D eigenvalue weighted by Gasteiger charge is -2.13. The van der Waals surface area contributed by atoms with Crippen LogP contribution < -0.4 is 20.6 Å². The third-order valence-corrected chi connectivity index (χ3v) is 6.65. The average molecular weight is 475 g/mol. The van der Waals surface area contributed by atoms with Crippen LogP contribution in [0.4, 0.5) is 5.69 Å². The number of aromatic amines is 2. The van der Waals surface area contributed by atoms with Crippen LogP contribution in [-0.4, -0.2) is 25.4 Å². The molecule has 3 N–H and O–H groups in total. The summed E-state index contributed by atoms with van der Waals surface area (Å²) in [5.41, 5.74) is 0.570. The summed E-state index contributed by atoms with van der Waals surface area (Å²) in [6.07, 6.45) is 0. The van der Waals surface area contributed by atoms with E-state index in [9.17, 15) is 18.0 Å². The summed E-state index contributed by atoms with van der Waals surface area (Å²) < 4.78 is 54.9. The van der Waals surface area contributed by atoms with Crippen molar-refractivity contribution in [3.63, 3.8) is 0 Å². The number of ether oxygens (including phenoxy) is 1. The summed E-state index contributed by atoms with van der Waals surface area (Å²) in [6, 6.07) is 13.6. The van der Waals surface area contributed by atoms with E-state index in [1.807, 2.05) is 0 Å². The molecule has 0 radical (unpaired) electrons. The molecule has 0 fully saturated rings. The van der Waals surface area contributed by atoms with Gasteiger partial charge in [-0.15, -0.1) is 0 Å². The minimum atomic E-state index is -4.07. The second-order valence-corrected chi connectivity index (χ2v) is 9.06. The molecule has 3 aromatic carbocycles. The zero-order valence-corrected chi connectivity index (χ0v) is 18.1. The molecule has 4 aromatic rings. The van der Waals surface area contributed by atoms with Crippen LogP contribution in [-0.2, 0) is 10.0 Å². The van der Waals surface area contributed by atoms with Crippen molar-refractivity contribution >= 4 is 38.3 Å². The molecule has 0 amide bonds. The van der Waals surface area contributed by atoms with Gasteiger partial charge in [-0.3, -0.25) is 14.3 Å². The van der Waals surface area contributed by atoms with E-state index in [4.69, 9.17) is 20.5 Å². The van der Waals surface area contributed by atoms with E-state index in [1.165, 1.54) is 36.4 Å². The highest BCUT2D eigenvalue weighted by Crippen LogP contribution is 2.32. The molecule has 10 heteroatoms. The number of hydrogen-bond donors (Lipinski definition) is 3. The number of sulfonamides is 1. The molecule has 8 nitrogen and oxygen atoms in total. The molecule has 0 atom stereocenters. The van der Waals surface area contributed by atoms with E-state index in [1.54, 1.807) is 25.1 Å². The Morgan fingerprint density at radius 1 is 0.969 bits per heavy atom. The van der Waals surface area contributed by atoms with Gasteiger partial charge in [0.15, 0.2) is 0 Å². The first-order valence-electron chi connectivity index (χ1n) is 10.7. The monoisotopic (exact) mass is 474 g/mol. The number of anilines is 1. The Hall–Kier alpha value is -3.56. The smallest absolute Gasteiger partial charge is 0.314 e. The first-order chi connectivity index (χ1) is 16.3. The van der Waals surface area contributed by atoms with Crippen molar-refractivity contribution < 1.29 is 17.3 Å². The van der Waals surface area contributed by atoms with Gasteiger partial charge in [-0.1, -0.05) is 29.8 Å². The highest BCUT2D eigenvalue weighted by Gasteiger charge is 2.19. The molecule has 0 saturated heterocycles. The molecular weight excluding hydrogens is 454 g/mol. The zero-order chi connectivity index (χ0) is 25.5. The summed E-state index contributed by atoms with van der Waals surface area (Å²) in [5.74, 6) is 0.172. The molecule has 1 heterocycles. The number of H-pyrrole nitrogens is 2. The van der Waals surface area contributed by atoms with Crippen molar-refractivity contribution in [3.05, 3.63) is 85.9 Å². The number of rotatable bonds is 5. The quantitative estimate of drug-likeness (QED) is 0.381. The SMILES string of the molecule is [2H]C([2H])([2H])Oc1ccc(-c2ccc(NS(=O)(=O)c3cc4[nH]c(=O)c(=O)[nH]c4cc3C)cc2Cl)cc1. The summed E-state index contributed by atoms with van der Waals surface area (Å²) in [6.45, 7) is 1.56. The topological polar surface area (TPSA) is 121 Å². The molecule has 0 bridgehead atoms. The molecule has 0 unspecified atom stereocenters. The van der Waals surface area contributed by atoms with Crippen LogP contribution in [0.2, 0.25) is 5.02 Å². The van der Waals surface area contributed by atoms with Gasteiger partial charge in [0.1, 0.15) is 5.75 Å². The normalized spacial score (nSPS) is 13.2. The van der Waals surface area contributed by atoms with Crippen LogP contribution >= 0.6 is 11.6 Å². The maximum Gasteiger partial charge on any atom is 0.314 e. The van der Waals surface area contributed by atoms with Gasteiger partial charge >= 0.3 is 11.1 Å². The van der Waals surface area contributed by atoms with Crippen molar-refractivity contribution in [2.45, 2.75) is 11.8 Å². The van der Waals surface area contributed by atoms with Gasteiger partial charge in [0.2, 0.25) is 0 Å². The lowest BCUT2D eigenvalue weighted by Crippen LogP contribution is -2.29. The van der Waals surface area contributed by atoms with Crippen molar-refractivity contribution in [2.24, 2.45) is 0 Å². The Morgan fingerprint density at radius 2 is 1.62 bits per heavy atom. The van der Waals surface area contributed by atoms with Gasteiger partial charge < -0.3 is 14.7 Å². The second-order valence-electron chi connectivity index (χ2n) is 7.00. The molecule has 164 valence electrons. The van der Waals surface area contributed by atoms with E-state index >= 15 is 0 Å². The molecule has 1 aromatic heterocycles. The first-order valence-corrected chi connectivity index (χ1v) is 11.1. The van der Waals surface area contributed by atoms with E-state index in [-0.39, 0.29) is 26.9 Å². The van der Waals surface area contributed by atoms with Crippen LogP contribution in [0, 0.1) is 6.92 Å². The van der Waals surface area contributed by atoms with E-state index in [0.29, 0.717) is 22.2 Å². The van der Waals surface area contributed by atoms with Crippen molar-refractivity contribution in [1.29, 1.82) is 0 Å². The Morgan fingerprint density at radius 3 is 2.25 bits per heavy atom. The maximum atomic E-state index is 13.1. The van der Waals surface area contributed by atoms with Gasteiger partial charge in [-0.25, -0.2) is 8.42 Å². The molecule has 0 spiro atoms. The molecule has 4 rings (SSSR count). The number of fused-ring (bicyclic) bond motifs is 1. The molecule has 0 aliphatic carbocycles. The van der Waals surface area contributed by atoms with Crippen molar-refractivity contribution in [1.82, 2.24) is 9.97 Å². The predicted octanol–water partition coefficient (Wildman–Crippen LogP) is 3.65. The van der Waals surface area contributed by atoms with Crippen molar-refractivity contribution in [3.8, 4) is 16.9 Å². The fourth-order valence-corrected chi connectivity index (χ4v) is 4.86. The molecule has 0 saturated carbocycles. The third-order valence-electron chi connectivity index (χ3n) is 4.81. The Labute approximate surface area is 192 Å². The van der Waals surface area contributed by atoms with Gasteiger partial charge in [0, 0.05) is 5.56 Å². The highest BCUT2D eigenvalue weighted by molar-refractivity contribution is 7.92. The van der Waals surface area contributed by atoms with Gasteiger partial charge in [0.25, 0.3) is 10.0 Å². The fourth-order valence-electron chi connectivity index (χ4n) is 3.27. The number of aromatic nitrogens is 2. The van der Waals surface area contributed by atoms with E-state index in [2.05, 4.69) is 14.7 Å². The van der Waals surface area contributed by atoms with Crippen molar-refractivity contribution in [2.75, 3.05) is 11.8 Å². The minimum Gasteiger partial charge on any atom is -0.497 e. The van der Waals surface area contributed by atoms with Crippen LogP contribution in [0.25, 0.3) is 22.2 Å². The number of hydrogen-bond acceptors (Lipinski definition) is 5. The number of aryl methyl sites for hydroxylation is 1. The molecule has 0 aliphatic heterocycles. The predicted molar refractivity (Wildman–Crippen MR) is 124 cm³/mol. The summed E-state index contributed by atoms with van der Waals surface area (Å²) in [5, 5.41) is 0.256. The average Bonchev–Trinajstić information content (AvgIpc) is 2.74. The summed E-state index contributed by atoms with van der Waals surface area (Å²) in [7, 11) is -6.63. The first kappa shape index (κ1) is 18.1. The van der Waals surface area contributed by atoms with Crippen LogP contribution in [0.5, 0.6) is 5.75 Å². The lowest BCUT2D eigenvalue weighted by molar-refractivity contribution is 0.415.